The van der Waals surface area contributed by atoms with E-state index < -0.39 is 0 Å². The molecule has 0 aromatic heterocycles. The van der Waals surface area contributed by atoms with Crippen molar-refractivity contribution in [1.82, 2.24) is 0 Å². The van der Waals surface area contributed by atoms with E-state index in [-0.39, 0.29) is 12.6 Å². The molecule has 1 aliphatic rings. The van der Waals surface area contributed by atoms with Crippen molar-refractivity contribution in [1.29, 1.82) is 0 Å². The van der Waals surface area contributed by atoms with Gasteiger partial charge in [0.05, 0.1) is 12.6 Å². The number of hydrogen-bond donors (Lipinski definition) is 2. The number of nitrogens with two attached hydrogens (primary N) is 1. The highest BCUT2D eigenvalue weighted by Gasteiger charge is 2.18. The molecule has 2 nitrogen and oxygen atoms in total. The predicted molar refractivity (Wildman–Crippen MR) is 57.5 cm³/mol. The van der Waals surface area contributed by atoms with E-state index in [2.05, 4.69) is 0 Å². The molecule has 0 spiro atoms. The highest BCUT2D eigenvalue weighted by Crippen LogP contribution is 2.31. The summed E-state index contributed by atoms with van der Waals surface area (Å²) in [5.41, 5.74) is 9.45. The van der Waals surface area contributed by atoms with Crippen molar-refractivity contribution in [3.8, 4) is 0 Å². The van der Waals surface area contributed by atoms with Crippen LogP contribution in [0.2, 0.25) is 5.02 Å². The van der Waals surface area contributed by atoms with Crippen LogP contribution >= 0.6 is 11.6 Å². The SMILES string of the molecule is NC(CO)c1cc(Cl)cc2c1CCC2. The van der Waals surface area contributed by atoms with Crippen LogP contribution in [0.15, 0.2) is 12.1 Å². The van der Waals surface area contributed by atoms with Crippen molar-refractivity contribution in [2.24, 2.45) is 5.73 Å². The number of benzene rings is 1. The standard InChI is InChI=1S/C11H14ClNO/c12-8-4-7-2-1-3-9(7)10(5-8)11(13)6-14/h4-5,11,14H,1-3,6,13H2. The van der Waals surface area contributed by atoms with Crippen LogP contribution in [0.4, 0.5) is 0 Å². The lowest BCUT2D eigenvalue weighted by Gasteiger charge is -2.14. The molecule has 1 aromatic rings. The quantitative estimate of drug-likeness (QED) is 0.784. The van der Waals surface area contributed by atoms with Gasteiger partial charge < -0.3 is 10.8 Å². The van der Waals surface area contributed by atoms with Crippen LogP contribution in [0, 0.1) is 0 Å². The molecule has 76 valence electrons. The lowest BCUT2D eigenvalue weighted by Crippen LogP contribution is -2.16. The van der Waals surface area contributed by atoms with Crippen molar-refractivity contribution in [3.05, 3.63) is 33.8 Å². The summed E-state index contributed by atoms with van der Waals surface area (Å²) >= 11 is 5.99. The third-order valence-electron chi connectivity index (χ3n) is 2.81. The summed E-state index contributed by atoms with van der Waals surface area (Å²) in [6.45, 7) is -0.0210. The Bertz CT molecular complexity index is 351. The Morgan fingerprint density at radius 3 is 2.93 bits per heavy atom. The lowest BCUT2D eigenvalue weighted by molar-refractivity contribution is 0.267. The summed E-state index contributed by atoms with van der Waals surface area (Å²) in [7, 11) is 0. The van der Waals surface area contributed by atoms with Crippen molar-refractivity contribution in [2.45, 2.75) is 25.3 Å². The zero-order valence-corrected chi connectivity index (χ0v) is 8.72. The van der Waals surface area contributed by atoms with Gasteiger partial charge >= 0.3 is 0 Å². The van der Waals surface area contributed by atoms with Crippen molar-refractivity contribution in [2.75, 3.05) is 6.61 Å². The Balaban J connectivity index is 2.48. The van der Waals surface area contributed by atoms with E-state index in [0.717, 1.165) is 23.4 Å². The Kier molecular flexibility index (Phi) is 2.77. The maximum absolute atomic E-state index is 9.04. The topological polar surface area (TPSA) is 46.2 Å². The highest BCUT2D eigenvalue weighted by molar-refractivity contribution is 6.30. The molecule has 0 amide bonds. The maximum Gasteiger partial charge on any atom is 0.0624 e. The number of aliphatic hydroxyl groups excluding tert-OH is 1. The molecule has 0 bridgehead atoms. The third-order valence-corrected chi connectivity index (χ3v) is 3.03. The molecule has 0 saturated carbocycles. The molecule has 1 aliphatic carbocycles. The first kappa shape index (κ1) is 9.97. The number of rotatable bonds is 2. The molecule has 2 rings (SSSR count). The Hall–Kier alpha value is -0.570. The summed E-state index contributed by atoms with van der Waals surface area (Å²) in [6.07, 6.45) is 3.32. The molecule has 0 aliphatic heterocycles. The molecular formula is C11H14ClNO. The van der Waals surface area contributed by atoms with Gasteiger partial charge in [0.2, 0.25) is 0 Å². The van der Waals surface area contributed by atoms with Crippen LogP contribution in [0.1, 0.15) is 29.2 Å². The summed E-state index contributed by atoms with van der Waals surface area (Å²) in [5.74, 6) is 0. The summed E-state index contributed by atoms with van der Waals surface area (Å²) in [5, 5.41) is 9.77. The molecular weight excluding hydrogens is 198 g/mol. The highest BCUT2D eigenvalue weighted by atomic mass is 35.5. The van der Waals surface area contributed by atoms with Gasteiger partial charge in [0.25, 0.3) is 0 Å². The van der Waals surface area contributed by atoms with E-state index in [1.807, 2.05) is 12.1 Å². The van der Waals surface area contributed by atoms with Gasteiger partial charge in [-0.1, -0.05) is 11.6 Å². The molecule has 1 unspecified atom stereocenters. The van der Waals surface area contributed by atoms with Gasteiger partial charge in [0.1, 0.15) is 0 Å². The Labute approximate surface area is 88.7 Å². The number of aliphatic hydroxyl groups is 1. The van der Waals surface area contributed by atoms with Gasteiger partial charge in [-0.2, -0.15) is 0 Å². The van der Waals surface area contributed by atoms with Crippen LogP contribution in [0.5, 0.6) is 0 Å². The zero-order chi connectivity index (χ0) is 10.1. The minimum atomic E-state index is -0.291. The van der Waals surface area contributed by atoms with Crippen LogP contribution in [0.25, 0.3) is 0 Å². The summed E-state index contributed by atoms with van der Waals surface area (Å²) in [4.78, 5) is 0. The fraction of sp³-hybridized carbons (Fsp3) is 0.455. The predicted octanol–water partition coefficient (Wildman–Crippen LogP) is 1.82. The molecule has 0 heterocycles. The molecule has 1 atom stereocenters. The van der Waals surface area contributed by atoms with E-state index in [9.17, 15) is 0 Å². The second kappa shape index (κ2) is 3.89. The van der Waals surface area contributed by atoms with Gasteiger partial charge in [0, 0.05) is 5.02 Å². The second-order valence-corrected chi connectivity index (χ2v) is 4.21. The first-order chi connectivity index (χ1) is 6.72. The third kappa shape index (κ3) is 1.65. The largest absolute Gasteiger partial charge is 0.394 e. The number of halogens is 1. The number of fused-ring (bicyclic) bond motifs is 1. The zero-order valence-electron chi connectivity index (χ0n) is 7.96. The molecule has 14 heavy (non-hydrogen) atoms. The van der Waals surface area contributed by atoms with Gasteiger partial charge in [-0.3, -0.25) is 0 Å². The lowest BCUT2D eigenvalue weighted by atomic mass is 9.98. The van der Waals surface area contributed by atoms with Gasteiger partial charge in [-0.25, -0.2) is 0 Å². The smallest absolute Gasteiger partial charge is 0.0624 e. The van der Waals surface area contributed by atoms with Gasteiger partial charge in [0.15, 0.2) is 0 Å². The molecule has 1 aromatic carbocycles. The van der Waals surface area contributed by atoms with E-state index >= 15 is 0 Å². The molecule has 0 radical (unpaired) electrons. The van der Waals surface area contributed by atoms with Crippen LogP contribution in [-0.4, -0.2) is 11.7 Å². The van der Waals surface area contributed by atoms with E-state index in [1.54, 1.807) is 0 Å². The molecule has 0 saturated heterocycles. The van der Waals surface area contributed by atoms with Gasteiger partial charge in [-0.05, 0) is 48.1 Å². The fourth-order valence-corrected chi connectivity index (χ4v) is 2.38. The Morgan fingerprint density at radius 2 is 2.21 bits per heavy atom. The number of hydrogen-bond acceptors (Lipinski definition) is 2. The van der Waals surface area contributed by atoms with E-state index in [4.69, 9.17) is 22.4 Å². The van der Waals surface area contributed by atoms with Crippen LogP contribution < -0.4 is 5.73 Å². The van der Waals surface area contributed by atoms with Crippen LogP contribution in [0.3, 0.4) is 0 Å². The minimum Gasteiger partial charge on any atom is -0.394 e. The Morgan fingerprint density at radius 1 is 1.43 bits per heavy atom. The normalized spacial score (nSPS) is 16.8. The number of aryl methyl sites for hydroxylation is 1. The maximum atomic E-state index is 9.04. The van der Waals surface area contributed by atoms with Crippen LogP contribution in [-0.2, 0) is 12.8 Å². The van der Waals surface area contributed by atoms with E-state index in [1.165, 1.54) is 17.5 Å². The monoisotopic (exact) mass is 211 g/mol. The van der Waals surface area contributed by atoms with Crippen molar-refractivity contribution < 1.29 is 5.11 Å². The molecule has 3 heteroatoms. The first-order valence-electron chi connectivity index (χ1n) is 4.90. The fourth-order valence-electron chi connectivity index (χ4n) is 2.13. The second-order valence-electron chi connectivity index (χ2n) is 3.78. The average molecular weight is 212 g/mol. The van der Waals surface area contributed by atoms with Gasteiger partial charge in [-0.15, -0.1) is 0 Å². The van der Waals surface area contributed by atoms with E-state index in [0.29, 0.717) is 0 Å². The first-order valence-corrected chi connectivity index (χ1v) is 5.28. The molecule has 3 N–H and O–H groups in total. The van der Waals surface area contributed by atoms with Crippen molar-refractivity contribution >= 4 is 11.6 Å². The molecule has 0 fully saturated rings. The summed E-state index contributed by atoms with van der Waals surface area (Å²) < 4.78 is 0. The average Bonchev–Trinajstić information content (AvgIpc) is 2.62. The summed E-state index contributed by atoms with van der Waals surface area (Å²) in [6, 6.07) is 3.60. The van der Waals surface area contributed by atoms with Crippen molar-refractivity contribution in [3.63, 3.8) is 0 Å². The minimum absolute atomic E-state index is 0.0210.